The van der Waals surface area contributed by atoms with Gasteiger partial charge in [-0.3, -0.25) is 14.9 Å². The topological polar surface area (TPSA) is 193 Å². The van der Waals surface area contributed by atoms with E-state index in [1.165, 1.54) is 13.0 Å². The summed E-state index contributed by atoms with van der Waals surface area (Å²) in [6.45, 7) is 0.295. The number of phosphoric ester groups is 1. The quantitative estimate of drug-likeness (QED) is 0.0893. The van der Waals surface area contributed by atoms with Crippen LogP contribution in [0.15, 0.2) is 28.4 Å². The second-order valence-electron chi connectivity index (χ2n) is 5.17. The van der Waals surface area contributed by atoms with Crippen LogP contribution in [0.25, 0.3) is 0 Å². The number of carbonyl (C=O) groups is 1. The van der Waals surface area contributed by atoms with E-state index in [0.717, 1.165) is 12.1 Å². The average Bonchev–Trinajstić information content (AvgIpc) is 2.61. The molecule has 2 rings (SSSR count). The molecule has 2 aromatic rings. The third kappa shape index (κ3) is 9.55. The third-order valence-electron chi connectivity index (χ3n) is 3.32. The van der Waals surface area contributed by atoms with Crippen LogP contribution in [0, 0.1) is 17.0 Å². The van der Waals surface area contributed by atoms with Crippen LogP contribution < -0.4 is 104 Å². The Morgan fingerprint density at radius 3 is 2.39 bits per heavy atom. The number of benzene rings is 1. The Bertz CT molecular complexity index is 1040. The molecule has 17 heteroatoms. The maximum absolute atomic E-state index is 12.0. The second-order valence-corrected chi connectivity index (χ2v) is 6.73. The van der Waals surface area contributed by atoms with Gasteiger partial charge in [-0.1, -0.05) is 17.4 Å². The number of pyridine rings is 1. The minimum absolute atomic E-state index is 0. The molecule has 0 radical (unpaired) electrons. The van der Waals surface area contributed by atoms with Gasteiger partial charge in [-0.05, 0) is 13.0 Å². The molecular weight excluding hydrogens is 488 g/mol. The largest absolute Gasteiger partial charge is 1.00 e. The number of azo groups is 1. The molecule has 0 unspecified atom stereocenters. The van der Waals surface area contributed by atoms with Crippen LogP contribution >= 0.6 is 19.4 Å². The molecule has 0 amide bonds. The monoisotopic (exact) mass is 496 g/mol. The van der Waals surface area contributed by atoms with Crippen LogP contribution in [-0.2, 0) is 15.7 Å². The Kier molecular flexibility index (Phi) is 15.6. The van der Waals surface area contributed by atoms with E-state index in [0.29, 0.717) is 0 Å². The normalized spacial score (nSPS) is 10.6. The zero-order valence-corrected chi connectivity index (χ0v) is 24.5. The number of hydrogen-bond acceptors (Lipinski definition) is 11. The molecule has 148 valence electrons. The first-order chi connectivity index (χ1) is 13.0. The Labute approximate surface area is 247 Å². The maximum Gasteiger partial charge on any atom is 1.00 e. The first-order valence-electron chi connectivity index (χ1n) is 7.21. The molecule has 0 aliphatic heterocycles. The number of nitro benzene ring substituents is 1. The summed E-state index contributed by atoms with van der Waals surface area (Å²) in [5.74, 6) is -1.21. The van der Waals surface area contributed by atoms with Gasteiger partial charge < -0.3 is 24.0 Å². The summed E-state index contributed by atoms with van der Waals surface area (Å²) < 4.78 is 14.8. The molecule has 12 nitrogen and oxygen atoms in total. The number of aromatic nitrogens is 1. The fourth-order valence-electron chi connectivity index (χ4n) is 2.02. The molecular formula is C14H9ClN4Na3O8P. The van der Waals surface area contributed by atoms with Gasteiger partial charge in [0.15, 0.2) is 5.82 Å². The van der Waals surface area contributed by atoms with Crippen LogP contribution in [0.1, 0.15) is 21.6 Å². The van der Waals surface area contributed by atoms with Crippen molar-refractivity contribution >= 4 is 42.9 Å². The van der Waals surface area contributed by atoms with Gasteiger partial charge in [-0.15, -0.1) is 10.2 Å². The van der Waals surface area contributed by atoms with Crippen molar-refractivity contribution < 1.29 is 122 Å². The minimum Gasteiger partial charge on any atom is -0.871 e. The molecule has 0 fully saturated rings. The molecule has 1 aromatic carbocycles. The van der Waals surface area contributed by atoms with Crippen LogP contribution in [-0.4, -0.2) is 16.2 Å². The van der Waals surface area contributed by atoms with Crippen molar-refractivity contribution in [3.63, 3.8) is 0 Å². The Morgan fingerprint density at radius 2 is 1.87 bits per heavy atom. The number of rotatable bonds is 7. The predicted octanol–water partition coefficient (Wildman–Crippen LogP) is -7.39. The summed E-state index contributed by atoms with van der Waals surface area (Å²) in [6.07, 6.45) is 0.135. The van der Waals surface area contributed by atoms with Crippen LogP contribution in [0.2, 0.25) is 5.02 Å². The molecule has 0 atom stereocenters. The first-order valence-corrected chi connectivity index (χ1v) is 9.05. The van der Waals surface area contributed by atoms with Gasteiger partial charge >= 0.3 is 88.7 Å². The van der Waals surface area contributed by atoms with Gasteiger partial charge in [-0.2, -0.15) is 0 Å². The smallest absolute Gasteiger partial charge is 0.871 e. The summed E-state index contributed by atoms with van der Waals surface area (Å²) in [4.78, 5) is 46.6. The molecule has 0 aliphatic carbocycles. The van der Waals surface area contributed by atoms with Crippen molar-refractivity contribution in [3.05, 3.63) is 50.2 Å². The number of hydrogen-bond donors (Lipinski definition) is 0. The van der Waals surface area contributed by atoms with Crippen LogP contribution in [0.3, 0.4) is 0 Å². The van der Waals surface area contributed by atoms with Gasteiger partial charge in [0.25, 0.3) is 5.69 Å². The molecule has 0 aliphatic rings. The van der Waals surface area contributed by atoms with Crippen molar-refractivity contribution in [2.45, 2.75) is 13.5 Å². The molecule has 31 heavy (non-hydrogen) atoms. The molecule has 1 aromatic heterocycles. The van der Waals surface area contributed by atoms with Crippen molar-refractivity contribution in [1.29, 1.82) is 0 Å². The Balaban J connectivity index is 0. The second kappa shape index (κ2) is 14.5. The van der Waals surface area contributed by atoms with Gasteiger partial charge in [0.1, 0.15) is 12.0 Å². The summed E-state index contributed by atoms with van der Waals surface area (Å²) in [5.41, 5.74) is -1.51. The number of halogens is 1. The number of aryl methyl sites for hydroxylation is 1. The minimum atomic E-state index is -5.42. The molecule has 1 heterocycles. The average molecular weight is 497 g/mol. The SMILES string of the molecule is Cc1nc(N=Nc2cc([N+](=O)[O-])ccc2Cl)c(COP(=O)([O-])[O-])c(C=O)c1[O-].[Na+].[Na+].[Na+]. The summed E-state index contributed by atoms with van der Waals surface area (Å²) >= 11 is 5.90. The number of nitrogens with zero attached hydrogens (tertiary/aromatic N) is 4. The van der Waals surface area contributed by atoms with Gasteiger partial charge in [-0.25, -0.2) is 4.98 Å². The standard InChI is InChI=1S/C14H12ClN4O8P.3Na/c1-7-13(21)9(5-20)10(6-27-28(24,25)26)14(16-7)18-17-12-4-8(19(22)23)2-3-11(12)15;;;/h2-5,21H,6H2,1H3,(H2,24,25,26);;;/q;3*+1/p-3. The van der Waals surface area contributed by atoms with Crippen molar-refractivity contribution in [2.24, 2.45) is 10.2 Å². The first kappa shape index (κ1) is 33.4. The number of nitro groups is 1. The Hall–Kier alpha value is 0.240. The van der Waals surface area contributed by atoms with Gasteiger partial charge in [0, 0.05) is 29.0 Å². The van der Waals surface area contributed by atoms with E-state index in [1.54, 1.807) is 0 Å². The van der Waals surface area contributed by atoms with Crippen molar-refractivity contribution in [3.8, 4) is 5.75 Å². The molecule has 0 spiro atoms. The summed E-state index contributed by atoms with van der Waals surface area (Å²) in [7, 11) is -5.42. The van der Waals surface area contributed by atoms with E-state index in [9.17, 15) is 34.4 Å². The fourth-order valence-corrected chi connectivity index (χ4v) is 2.46. The van der Waals surface area contributed by atoms with Crippen LogP contribution in [0.5, 0.6) is 5.75 Å². The molecule has 0 bridgehead atoms. The van der Waals surface area contributed by atoms with Crippen molar-refractivity contribution in [2.75, 3.05) is 0 Å². The van der Waals surface area contributed by atoms with E-state index in [2.05, 4.69) is 19.7 Å². The summed E-state index contributed by atoms with van der Waals surface area (Å²) in [6, 6.07) is 3.36. The predicted molar refractivity (Wildman–Crippen MR) is 88.5 cm³/mol. The third-order valence-corrected chi connectivity index (χ3v) is 4.08. The fraction of sp³-hybridized carbons (Fsp3) is 0.143. The van der Waals surface area contributed by atoms with Crippen LogP contribution in [0.4, 0.5) is 17.2 Å². The zero-order chi connectivity index (χ0) is 21.1. The van der Waals surface area contributed by atoms with Gasteiger partial charge in [0.2, 0.25) is 0 Å². The van der Waals surface area contributed by atoms with E-state index in [1.807, 2.05) is 0 Å². The molecule has 0 saturated heterocycles. The van der Waals surface area contributed by atoms with E-state index in [4.69, 9.17) is 11.6 Å². The zero-order valence-electron chi connectivity index (χ0n) is 16.9. The van der Waals surface area contributed by atoms with E-state index >= 15 is 0 Å². The summed E-state index contributed by atoms with van der Waals surface area (Å²) in [5, 5.41) is 30.2. The number of non-ortho nitro benzene ring substituents is 1. The Morgan fingerprint density at radius 1 is 1.26 bits per heavy atom. The van der Waals surface area contributed by atoms with Crippen molar-refractivity contribution in [1.82, 2.24) is 4.98 Å². The number of phosphoric acid groups is 1. The molecule has 0 N–H and O–H groups in total. The van der Waals surface area contributed by atoms with Gasteiger partial charge in [0.05, 0.1) is 24.4 Å². The number of aldehydes is 1. The maximum atomic E-state index is 12.0. The molecule has 0 saturated carbocycles. The van der Waals surface area contributed by atoms with E-state index < -0.39 is 36.5 Å². The number of carbonyl (C=O) groups excluding carboxylic acids is 1. The van der Waals surface area contributed by atoms with E-state index in [-0.39, 0.29) is 123 Å².